The zero-order chi connectivity index (χ0) is 14.8. The van der Waals surface area contributed by atoms with Crippen molar-refractivity contribution in [1.82, 2.24) is 0 Å². The van der Waals surface area contributed by atoms with Crippen molar-refractivity contribution in [1.29, 1.82) is 0 Å². The molecular weight excluding hydrogens is 256 g/mol. The molecule has 1 aromatic rings. The van der Waals surface area contributed by atoms with Crippen LogP contribution in [0.5, 0.6) is 0 Å². The van der Waals surface area contributed by atoms with Crippen LogP contribution < -0.4 is 0 Å². The standard InChI is InChI=1S/C16H18O4/c1-3-16(2)10-20-15(19)14(16)13(18)9-12(17)11-7-5-4-6-8-11/h3-8,13-14,18H,1,9-10H2,2H3. The molecule has 0 bridgehead atoms. The van der Waals surface area contributed by atoms with Gasteiger partial charge in [0.05, 0.1) is 12.0 Å². The molecule has 1 aromatic carbocycles. The molecule has 4 nitrogen and oxygen atoms in total. The molecule has 1 aliphatic heterocycles. The monoisotopic (exact) mass is 274 g/mol. The number of aliphatic hydroxyl groups is 1. The lowest BCUT2D eigenvalue weighted by Crippen LogP contribution is -2.37. The van der Waals surface area contributed by atoms with Crippen LogP contribution in [-0.2, 0) is 9.53 Å². The number of aliphatic hydroxyl groups excluding tert-OH is 1. The fourth-order valence-electron chi connectivity index (χ4n) is 2.51. The Balaban J connectivity index is 2.12. The van der Waals surface area contributed by atoms with Crippen LogP contribution in [0, 0.1) is 11.3 Å². The molecule has 3 unspecified atom stereocenters. The van der Waals surface area contributed by atoms with E-state index < -0.39 is 23.4 Å². The van der Waals surface area contributed by atoms with Gasteiger partial charge in [-0.3, -0.25) is 9.59 Å². The number of carbonyl (C=O) groups excluding carboxylic acids is 2. The lowest BCUT2D eigenvalue weighted by atomic mass is 9.75. The maximum absolute atomic E-state index is 12.1. The molecule has 0 amide bonds. The second kappa shape index (κ2) is 5.59. The average molecular weight is 274 g/mol. The van der Waals surface area contributed by atoms with E-state index in [0.29, 0.717) is 5.56 Å². The van der Waals surface area contributed by atoms with Crippen molar-refractivity contribution in [3.8, 4) is 0 Å². The maximum Gasteiger partial charge on any atom is 0.312 e. The van der Waals surface area contributed by atoms with E-state index in [-0.39, 0.29) is 18.8 Å². The Morgan fingerprint density at radius 1 is 1.55 bits per heavy atom. The second-order valence-electron chi connectivity index (χ2n) is 5.36. The van der Waals surface area contributed by atoms with Crippen LogP contribution in [0.1, 0.15) is 23.7 Å². The molecule has 1 fully saturated rings. The van der Waals surface area contributed by atoms with Gasteiger partial charge in [0.15, 0.2) is 5.78 Å². The molecule has 1 heterocycles. The number of ether oxygens (including phenoxy) is 1. The van der Waals surface area contributed by atoms with Gasteiger partial charge in [0.1, 0.15) is 6.61 Å². The maximum atomic E-state index is 12.1. The first-order valence-electron chi connectivity index (χ1n) is 6.54. The molecule has 1 saturated heterocycles. The Morgan fingerprint density at radius 2 is 2.20 bits per heavy atom. The predicted octanol–water partition coefficient (Wildman–Crippen LogP) is 1.99. The summed E-state index contributed by atoms with van der Waals surface area (Å²) in [6.07, 6.45) is 0.437. The number of carbonyl (C=O) groups is 2. The third-order valence-electron chi connectivity index (χ3n) is 3.83. The van der Waals surface area contributed by atoms with Crippen LogP contribution in [0.15, 0.2) is 43.0 Å². The molecule has 106 valence electrons. The van der Waals surface area contributed by atoms with E-state index in [2.05, 4.69) is 6.58 Å². The smallest absolute Gasteiger partial charge is 0.312 e. The van der Waals surface area contributed by atoms with E-state index in [9.17, 15) is 14.7 Å². The highest BCUT2D eigenvalue weighted by Gasteiger charge is 2.49. The van der Waals surface area contributed by atoms with E-state index in [4.69, 9.17) is 4.74 Å². The number of hydrogen-bond acceptors (Lipinski definition) is 4. The highest BCUT2D eigenvalue weighted by atomic mass is 16.5. The van der Waals surface area contributed by atoms with Crippen LogP contribution in [0.25, 0.3) is 0 Å². The van der Waals surface area contributed by atoms with Crippen LogP contribution in [0.3, 0.4) is 0 Å². The van der Waals surface area contributed by atoms with Gasteiger partial charge in [-0.1, -0.05) is 43.3 Å². The highest BCUT2D eigenvalue weighted by molar-refractivity contribution is 5.96. The lowest BCUT2D eigenvalue weighted by Gasteiger charge is -2.26. The number of esters is 1. The Morgan fingerprint density at radius 3 is 2.80 bits per heavy atom. The number of Topliss-reactive ketones (excluding diaryl/α,β-unsaturated/α-hetero) is 1. The minimum absolute atomic E-state index is 0.104. The van der Waals surface area contributed by atoms with Crippen LogP contribution in [0.2, 0.25) is 0 Å². The van der Waals surface area contributed by atoms with E-state index in [1.807, 2.05) is 6.07 Å². The van der Waals surface area contributed by atoms with Gasteiger partial charge in [0, 0.05) is 17.4 Å². The SMILES string of the molecule is C=CC1(C)COC(=O)C1C(O)CC(=O)c1ccccc1. The number of hydrogen-bond donors (Lipinski definition) is 1. The summed E-state index contributed by atoms with van der Waals surface area (Å²) in [6, 6.07) is 8.72. The summed E-state index contributed by atoms with van der Waals surface area (Å²) in [4.78, 5) is 23.8. The van der Waals surface area contributed by atoms with Gasteiger partial charge in [-0.05, 0) is 0 Å². The number of benzene rings is 1. The number of ketones is 1. The Labute approximate surface area is 118 Å². The van der Waals surface area contributed by atoms with Crippen LogP contribution >= 0.6 is 0 Å². The van der Waals surface area contributed by atoms with Crippen molar-refractivity contribution in [2.75, 3.05) is 6.61 Å². The number of rotatable bonds is 5. The molecular formula is C16H18O4. The highest BCUT2D eigenvalue weighted by Crippen LogP contribution is 2.39. The molecule has 0 radical (unpaired) electrons. The summed E-state index contributed by atoms with van der Waals surface area (Å²) in [5.74, 6) is -1.40. The fourth-order valence-corrected chi connectivity index (χ4v) is 2.51. The molecule has 20 heavy (non-hydrogen) atoms. The summed E-state index contributed by atoms with van der Waals surface area (Å²) < 4.78 is 5.00. The Hall–Kier alpha value is -1.94. The summed E-state index contributed by atoms with van der Waals surface area (Å²) in [5, 5.41) is 10.2. The van der Waals surface area contributed by atoms with Gasteiger partial charge in [0.2, 0.25) is 0 Å². The summed E-state index contributed by atoms with van der Waals surface area (Å²) in [5.41, 5.74) is -0.105. The minimum Gasteiger partial charge on any atom is -0.464 e. The Bertz CT molecular complexity index is 523. The summed E-state index contributed by atoms with van der Waals surface area (Å²) in [7, 11) is 0. The largest absolute Gasteiger partial charge is 0.464 e. The van der Waals surface area contributed by atoms with Gasteiger partial charge < -0.3 is 9.84 Å². The first-order valence-corrected chi connectivity index (χ1v) is 6.54. The molecule has 0 aliphatic carbocycles. The predicted molar refractivity (Wildman–Crippen MR) is 74.1 cm³/mol. The van der Waals surface area contributed by atoms with Crippen molar-refractivity contribution in [2.45, 2.75) is 19.4 Å². The second-order valence-corrected chi connectivity index (χ2v) is 5.36. The summed E-state index contributed by atoms with van der Waals surface area (Å²) in [6.45, 7) is 5.68. The van der Waals surface area contributed by atoms with Gasteiger partial charge in [-0.25, -0.2) is 0 Å². The molecule has 2 rings (SSSR count). The van der Waals surface area contributed by atoms with Gasteiger partial charge >= 0.3 is 5.97 Å². The molecule has 3 atom stereocenters. The third-order valence-corrected chi connectivity index (χ3v) is 3.83. The fraction of sp³-hybridized carbons (Fsp3) is 0.375. The zero-order valence-corrected chi connectivity index (χ0v) is 11.4. The quantitative estimate of drug-likeness (QED) is 0.506. The van der Waals surface area contributed by atoms with Crippen molar-refractivity contribution in [3.63, 3.8) is 0 Å². The number of cyclic esters (lactones) is 1. The molecule has 0 spiro atoms. The Kier molecular flexibility index (Phi) is 4.04. The van der Waals surface area contributed by atoms with Crippen LogP contribution in [-0.4, -0.2) is 29.6 Å². The molecule has 0 aromatic heterocycles. The van der Waals surface area contributed by atoms with Gasteiger partial charge in [-0.2, -0.15) is 0 Å². The van der Waals surface area contributed by atoms with Crippen LogP contribution in [0.4, 0.5) is 0 Å². The van der Waals surface area contributed by atoms with E-state index >= 15 is 0 Å². The van der Waals surface area contributed by atoms with Crippen molar-refractivity contribution < 1.29 is 19.4 Å². The van der Waals surface area contributed by atoms with Crippen molar-refractivity contribution >= 4 is 11.8 Å². The molecule has 0 saturated carbocycles. The molecule has 1 aliphatic rings. The van der Waals surface area contributed by atoms with E-state index in [0.717, 1.165) is 0 Å². The van der Waals surface area contributed by atoms with Gasteiger partial charge in [0.25, 0.3) is 0 Å². The van der Waals surface area contributed by atoms with E-state index in [1.165, 1.54) is 0 Å². The zero-order valence-electron chi connectivity index (χ0n) is 11.4. The van der Waals surface area contributed by atoms with Crippen molar-refractivity contribution in [3.05, 3.63) is 48.6 Å². The normalized spacial score (nSPS) is 26.9. The first kappa shape index (κ1) is 14.5. The first-order chi connectivity index (χ1) is 9.48. The third kappa shape index (κ3) is 2.65. The van der Waals surface area contributed by atoms with E-state index in [1.54, 1.807) is 37.3 Å². The van der Waals surface area contributed by atoms with Gasteiger partial charge in [-0.15, -0.1) is 6.58 Å². The minimum atomic E-state index is -1.07. The average Bonchev–Trinajstić information content (AvgIpc) is 2.76. The summed E-state index contributed by atoms with van der Waals surface area (Å²) >= 11 is 0. The molecule has 1 N–H and O–H groups in total. The molecule has 4 heteroatoms. The topological polar surface area (TPSA) is 63.6 Å². The van der Waals surface area contributed by atoms with Crippen molar-refractivity contribution in [2.24, 2.45) is 11.3 Å². The lowest BCUT2D eigenvalue weighted by molar-refractivity contribution is -0.144.